The summed E-state index contributed by atoms with van der Waals surface area (Å²) in [5, 5.41) is 0. The van der Waals surface area contributed by atoms with Crippen LogP contribution in [0.5, 0.6) is 0 Å². The van der Waals surface area contributed by atoms with E-state index in [0.717, 1.165) is 0 Å². The van der Waals surface area contributed by atoms with Crippen molar-refractivity contribution in [1.82, 2.24) is 4.90 Å². The second-order valence-corrected chi connectivity index (χ2v) is 5.66. The van der Waals surface area contributed by atoms with Crippen molar-refractivity contribution in [2.75, 3.05) is 19.8 Å². The van der Waals surface area contributed by atoms with E-state index in [1.165, 1.54) is 4.90 Å². The molecular formula is C16H19NO4. The van der Waals surface area contributed by atoms with E-state index in [-0.39, 0.29) is 17.9 Å². The van der Waals surface area contributed by atoms with Gasteiger partial charge in [-0.25, -0.2) is 0 Å². The van der Waals surface area contributed by atoms with Gasteiger partial charge in [-0.05, 0) is 19.9 Å². The van der Waals surface area contributed by atoms with Gasteiger partial charge in [-0.2, -0.15) is 0 Å². The summed E-state index contributed by atoms with van der Waals surface area (Å²) >= 11 is 0. The first-order valence-corrected chi connectivity index (χ1v) is 7.27. The van der Waals surface area contributed by atoms with Gasteiger partial charge in [-0.1, -0.05) is 18.2 Å². The molecule has 1 spiro atoms. The van der Waals surface area contributed by atoms with Gasteiger partial charge in [0.15, 0.2) is 5.60 Å². The third kappa shape index (κ3) is 2.08. The van der Waals surface area contributed by atoms with Crippen LogP contribution in [0.2, 0.25) is 0 Å². The number of fused-ring (bicyclic) bond motifs is 2. The van der Waals surface area contributed by atoms with Crippen molar-refractivity contribution >= 4 is 11.8 Å². The average Bonchev–Trinajstić information content (AvgIpc) is 2.72. The van der Waals surface area contributed by atoms with E-state index < -0.39 is 5.60 Å². The van der Waals surface area contributed by atoms with Crippen LogP contribution in [0.15, 0.2) is 24.3 Å². The highest BCUT2D eigenvalue weighted by atomic mass is 16.6. The molecular weight excluding hydrogens is 270 g/mol. The molecule has 0 aromatic heterocycles. The Labute approximate surface area is 123 Å². The molecule has 5 heteroatoms. The van der Waals surface area contributed by atoms with Crippen LogP contribution in [0.3, 0.4) is 0 Å². The summed E-state index contributed by atoms with van der Waals surface area (Å²) < 4.78 is 11.4. The number of hydrogen-bond acceptors (Lipinski definition) is 4. The van der Waals surface area contributed by atoms with Gasteiger partial charge >= 0.3 is 0 Å². The van der Waals surface area contributed by atoms with E-state index >= 15 is 0 Å². The van der Waals surface area contributed by atoms with E-state index in [2.05, 4.69) is 0 Å². The van der Waals surface area contributed by atoms with Gasteiger partial charge in [0.05, 0.1) is 19.8 Å². The molecule has 3 rings (SSSR count). The fourth-order valence-corrected chi connectivity index (χ4v) is 3.07. The smallest absolute Gasteiger partial charge is 0.266 e. The van der Waals surface area contributed by atoms with Crippen LogP contribution in [-0.4, -0.2) is 42.6 Å². The highest BCUT2D eigenvalue weighted by molar-refractivity contribution is 6.12. The quantitative estimate of drug-likeness (QED) is 0.739. The van der Waals surface area contributed by atoms with Crippen molar-refractivity contribution < 1.29 is 19.1 Å². The Morgan fingerprint density at radius 3 is 2.67 bits per heavy atom. The number of benzene rings is 1. The van der Waals surface area contributed by atoms with Crippen molar-refractivity contribution in [2.24, 2.45) is 0 Å². The maximum atomic E-state index is 13.0. The van der Waals surface area contributed by atoms with Crippen LogP contribution >= 0.6 is 0 Å². The lowest BCUT2D eigenvalue weighted by molar-refractivity contribution is -0.160. The summed E-state index contributed by atoms with van der Waals surface area (Å²) in [6, 6.07) is 7.01. The topological polar surface area (TPSA) is 55.8 Å². The van der Waals surface area contributed by atoms with Gasteiger partial charge in [0.25, 0.3) is 11.8 Å². The van der Waals surface area contributed by atoms with Gasteiger partial charge in [-0.3, -0.25) is 14.5 Å². The van der Waals surface area contributed by atoms with Crippen LogP contribution in [0.4, 0.5) is 0 Å². The molecule has 1 fully saturated rings. The Balaban J connectivity index is 2.19. The Bertz CT molecular complexity index is 573. The molecule has 112 valence electrons. The number of hydrogen-bond donors (Lipinski definition) is 0. The third-order valence-corrected chi connectivity index (χ3v) is 4.07. The Kier molecular flexibility index (Phi) is 3.55. The van der Waals surface area contributed by atoms with Crippen LogP contribution < -0.4 is 0 Å². The molecule has 0 N–H and O–H groups in total. The number of ether oxygens (including phenoxy) is 2. The first-order valence-electron chi connectivity index (χ1n) is 7.27. The molecule has 0 bridgehead atoms. The molecule has 5 nitrogen and oxygen atoms in total. The summed E-state index contributed by atoms with van der Waals surface area (Å²) in [6.45, 7) is 4.93. The largest absolute Gasteiger partial charge is 0.379 e. The van der Waals surface area contributed by atoms with Crippen LogP contribution in [0, 0.1) is 0 Å². The lowest BCUT2D eigenvalue weighted by atomic mass is 9.81. The second-order valence-electron chi connectivity index (χ2n) is 5.66. The summed E-state index contributed by atoms with van der Waals surface area (Å²) in [5.41, 5.74) is 0.126. The zero-order valence-corrected chi connectivity index (χ0v) is 12.3. The number of nitrogens with zero attached hydrogens (tertiary/aromatic N) is 1. The molecule has 1 aromatic carbocycles. The standard InChI is InChI=1S/C16H19NO4/c1-11(2)17-14(18)12-5-3-4-6-13(12)16(15(17)19)7-8-20-9-10-21-16/h3-6,11H,7-10H2,1-2H3. The first kappa shape index (κ1) is 14.2. The van der Waals surface area contributed by atoms with Crippen LogP contribution in [0.1, 0.15) is 36.2 Å². The summed E-state index contributed by atoms with van der Waals surface area (Å²) in [5.74, 6) is -0.517. The molecule has 2 amide bonds. The fourth-order valence-electron chi connectivity index (χ4n) is 3.07. The Hall–Kier alpha value is -1.72. The van der Waals surface area contributed by atoms with Crippen molar-refractivity contribution in [2.45, 2.75) is 31.9 Å². The highest BCUT2D eigenvalue weighted by Gasteiger charge is 2.52. The fraction of sp³-hybridized carbons (Fsp3) is 0.500. The molecule has 0 radical (unpaired) electrons. The van der Waals surface area contributed by atoms with Crippen LogP contribution in [-0.2, 0) is 19.9 Å². The predicted octanol–water partition coefficient (Wildman–Crippen LogP) is 1.71. The number of carbonyl (C=O) groups is 2. The molecule has 1 aromatic rings. The van der Waals surface area contributed by atoms with Gasteiger partial charge in [-0.15, -0.1) is 0 Å². The number of amides is 2. The normalized spacial score (nSPS) is 26.1. The summed E-state index contributed by atoms with van der Waals surface area (Å²) in [6.07, 6.45) is 0.430. The number of rotatable bonds is 1. The lowest BCUT2D eigenvalue weighted by Crippen LogP contribution is -2.57. The van der Waals surface area contributed by atoms with E-state index in [4.69, 9.17) is 9.47 Å². The third-order valence-electron chi connectivity index (χ3n) is 4.07. The molecule has 1 atom stereocenters. The van der Waals surface area contributed by atoms with Gasteiger partial charge in [0.1, 0.15) is 0 Å². The molecule has 0 saturated carbocycles. The second kappa shape index (κ2) is 5.24. The number of imide groups is 1. The highest BCUT2D eigenvalue weighted by Crippen LogP contribution is 2.40. The Morgan fingerprint density at radius 2 is 1.90 bits per heavy atom. The molecule has 2 heterocycles. The maximum absolute atomic E-state index is 13.0. The van der Waals surface area contributed by atoms with E-state index in [1.54, 1.807) is 6.07 Å². The van der Waals surface area contributed by atoms with Gasteiger partial charge < -0.3 is 9.47 Å². The maximum Gasteiger partial charge on any atom is 0.266 e. The van der Waals surface area contributed by atoms with Crippen LogP contribution in [0.25, 0.3) is 0 Å². The zero-order chi connectivity index (χ0) is 15.0. The van der Waals surface area contributed by atoms with Crippen molar-refractivity contribution in [1.29, 1.82) is 0 Å². The molecule has 1 saturated heterocycles. The predicted molar refractivity (Wildman–Crippen MR) is 75.8 cm³/mol. The SMILES string of the molecule is CC(C)N1C(=O)c2ccccc2C2(CCOCCO2)C1=O. The van der Waals surface area contributed by atoms with Crippen molar-refractivity contribution in [3.63, 3.8) is 0 Å². The minimum Gasteiger partial charge on any atom is -0.379 e. The lowest BCUT2D eigenvalue weighted by Gasteiger charge is -2.42. The molecule has 2 aliphatic rings. The van der Waals surface area contributed by atoms with E-state index in [1.807, 2.05) is 32.0 Å². The molecule has 1 unspecified atom stereocenters. The zero-order valence-electron chi connectivity index (χ0n) is 12.3. The van der Waals surface area contributed by atoms with Gasteiger partial charge in [0.2, 0.25) is 0 Å². The number of carbonyl (C=O) groups excluding carboxylic acids is 2. The summed E-state index contributed by atoms with van der Waals surface area (Å²) in [4.78, 5) is 26.9. The van der Waals surface area contributed by atoms with E-state index in [9.17, 15) is 9.59 Å². The monoisotopic (exact) mass is 289 g/mol. The van der Waals surface area contributed by atoms with Gasteiger partial charge in [0, 0.05) is 23.6 Å². The average molecular weight is 289 g/mol. The Morgan fingerprint density at radius 1 is 1.14 bits per heavy atom. The first-order chi connectivity index (χ1) is 10.1. The molecule has 21 heavy (non-hydrogen) atoms. The molecule has 0 aliphatic carbocycles. The molecule has 2 aliphatic heterocycles. The van der Waals surface area contributed by atoms with Crippen molar-refractivity contribution in [3.05, 3.63) is 35.4 Å². The minimum atomic E-state index is -1.09. The summed E-state index contributed by atoms with van der Waals surface area (Å²) in [7, 11) is 0. The minimum absolute atomic E-state index is 0.206. The van der Waals surface area contributed by atoms with E-state index in [0.29, 0.717) is 37.4 Å². The van der Waals surface area contributed by atoms with Crippen molar-refractivity contribution in [3.8, 4) is 0 Å².